The lowest BCUT2D eigenvalue weighted by Crippen LogP contribution is -2.30. The van der Waals surface area contributed by atoms with Crippen LogP contribution in [0.25, 0.3) is 11.0 Å². The first-order valence-corrected chi connectivity index (χ1v) is 8.82. The van der Waals surface area contributed by atoms with Gasteiger partial charge in [0.2, 0.25) is 5.91 Å². The number of aryl methyl sites for hydroxylation is 3. The Labute approximate surface area is 137 Å². The zero-order valence-electron chi connectivity index (χ0n) is 14.0. The van der Waals surface area contributed by atoms with Crippen LogP contribution in [0.15, 0.2) is 12.1 Å². The van der Waals surface area contributed by atoms with Crippen LogP contribution >= 0.6 is 0 Å². The summed E-state index contributed by atoms with van der Waals surface area (Å²) in [5, 5.41) is 3.11. The summed E-state index contributed by atoms with van der Waals surface area (Å²) in [5.74, 6) is 1.61. The first kappa shape index (κ1) is 14.7. The smallest absolute Gasteiger partial charge is 0.223 e. The third-order valence-corrected chi connectivity index (χ3v) is 5.97. The number of hydrogen-bond acceptors (Lipinski definition) is 2. The van der Waals surface area contributed by atoms with Crippen LogP contribution in [0.4, 0.5) is 0 Å². The Hall–Kier alpha value is -1.84. The van der Waals surface area contributed by atoms with Crippen molar-refractivity contribution in [1.29, 1.82) is 0 Å². The molecular weight excluding hydrogens is 286 g/mol. The molecule has 2 aliphatic rings. The maximum atomic E-state index is 12.1. The Balaban J connectivity index is 1.28. The summed E-state index contributed by atoms with van der Waals surface area (Å²) in [5.41, 5.74) is 5.14. The Kier molecular flexibility index (Phi) is 3.43. The number of H-pyrrole nitrogens is 1. The van der Waals surface area contributed by atoms with E-state index in [0.29, 0.717) is 11.3 Å². The van der Waals surface area contributed by atoms with Crippen LogP contribution in [-0.4, -0.2) is 22.4 Å². The van der Waals surface area contributed by atoms with Crippen molar-refractivity contribution in [3.8, 4) is 0 Å². The van der Waals surface area contributed by atoms with Crippen molar-refractivity contribution in [2.75, 3.05) is 6.54 Å². The summed E-state index contributed by atoms with van der Waals surface area (Å²) < 4.78 is 0. The van der Waals surface area contributed by atoms with Gasteiger partial charge in [0.15, 0.2) is 0 Å². The van der Waals surface area contributed by atoms with E-state index in [1.54, 1.807) is 0 Å². The molecule has 0 aliphatic heterocycles. The van der Waals surface area contributed by atoms with Gasteiger partial charge in [0.25, 0.3) is 0 Å². The molecule has 0 bridgehead atoms. The highest BCUT2D eigenvalue weighted by molar-refractivity contribution is 5.82. The molecule has 4 nitrogen and oxygen atoms in total. The summed E-state index contributed by atoms with van der Waals surface area (Å²) in [6.45, 7) is 4.99. The maximum Gasteiger partial charge on any atom is 0.223 e. The van der Waals surface area contributed by atoms with Gasteiger partial charge in [0, 0.05) is 18.9 Å². The normalized spacial score (nSPS) is 21.4. The van der Waals surface area contributed by atoms with E-state index < -0.39 is 0 Å². The van der Waals surface area contributed by atoms with Gasteiger partial charge in [-0.3, -0.25) is 4.79 Å². The number of carbonyl (C=O) groups excluding carboxylic acids is 1. The number of rotatable bonds is 5. The predicted octanol–water partition coefficient (Wildman–Crippen LogP) is 3.42. The van der Waals surface area contributed by atoms with Gasteiger partial charge in [-0.2, -0.15) is 0 Å². The van der Waals surface area contributed by atoms with Gasteiger partial charge in [-0.1, -0.05) is 12.5 Å². The molecule has 2 fully saturated rings. The summed E-state index contributed by atoms with van der Waals surface area (Å²) >= 11 is 0. The minimum absolute atomic E-state index is 0.278. The molecule has 1 aromatic heterocycles. The lowest BCUT2D eigenvalue weighted by molar-refractivity contribution is -0.123. The Morgan fingerprint density at radius 3 is 2.91 bits per heavy atom. The predicted molar refractivity (Wildman–Crippen MR) is 91.3 cm³/mol. The van der Waals surface area contributed by atoms with Crippen LogP contribution in [0, 0.1) is 25.2 Å². The number of aromatic nitrogens is 2. The van der Waals surface area contributed by atoms with Gasteiger partial charge < -0.3 is 10.3 Å². The van der Waals surface area contributed by atoms with Gasteiger partial charge in [-0.15, -0.1) is 0 Å². The highest BCUT2D eigenvalue weighted by Crippen LogP contribution is 2.65. The van der Waals surface area contributed by atoms with E-state index in [9.17, 15) is 4.79 Å². The van der Waals surface area contributed by atoms with E-state index in [4.69, 9.17) is 4.98 Å². The number of benzene rings is 1. The molecule has 1 amide bonds. The van der Waals surface area contributed by atoms with Gasteiger partial charge >= 0.3 is 0 Å². The van der Waals surface area contributed by atoms with E-state index >= 15 is 0 Å². The number of aromatic amines is 1. The fraction of sp³-hybridized carbons (Fsp3) is 0.579. The molecule has 1 heterocycles. The van der Waals surface area contributed by atoms with Crippen LogP contribution in [0.1, 0.15) is 49.1 Å². The van der Waals surface area contributed by atoms with Crippen molar-refractivity contribution in [1.82, 2.24) is 15.3 Å². The third-order valence-electron chi connectivity index (χ3n) is 5.97. The minimum Gasteiger partial charge on any atom is -0.356 e. The van der Waals surface area contributed by atoms with Gasteiger partial charge in [0.1, 0.15) is 5.82 Å². The van der Waals surface area contributed by atoms with Gasteiger partial charge in [0.05, 0.1) is 11.0 Å². The molecule has 1 spiro atoms. The molecular formula is C19H25N3O. The fourth-order valence-corrected chi connectivity index (χ4v) is 3.98. The highest BCUT2D eigenvalue weighted by atomic mass is 16.2. The minimum atomic E-state index is 0.278. The zero-order valence-corrected chi connectivity index (χ0v) is 14.0. The average molecular weight is 311 g/mol. The Bertz CT molecular complexity index is 757. The Morgan fingerprint density at radius 2 is 2.22 bits per heavy atom. The van der Waals surface area contributed by atoms with E-state index in [1.165, 1.54) is 30.4 Å². The van der Waals surface area contributed by atoms with Crippen molar-refractivity contribution in [3.63, 3.8) is 0 Å². The Morgan fingerprint density at radius 1 is 1.39 bits per heavy atom. The van der Waals surface area contributed by atoms with Crippen molar-refractivity contribution < 1.29 is 4.79 Å². The van der Waals surface area contributed by atoms with Crippen LogP contribution in [0.5, 0.6) is 0 Å². The third kappa shape index (κ3) is 2.54. The first-order chi connectivity index (χ1) is 11.1. The largest absolute Gasteiger partial charge is 0.356 e. The number of nitrogens with zero attached hydrogens (tertiary/aromatic N) is 1. The number of amides is 1. The number of imidazole rings is 1. The topological polar surface area (TPSA) is 57.8 Å². The van der Waals surface area contributed by atoms with Gasteiger partial charge in [-0.05, 0) is 62.1 Å². The van der Waals surface area contributed by atoms with E-state index in [0.717, 1.165) is 42.7 Å². The molecule has 122 valence electrons. The molecule has 23 heavy (non-hydrogen) atoms. The number of carbonyl (C=O) groups is 1. The SMILES string of the molecule is Cc1ccc2[nH]c(CCCNC(=O)[C@H]3CC34CCC4)nc2c1C. The summed E-state index contributed by atoms with van der Waals surface area (Å²) in [4.78, 5) is 20.2. The number of nitrogens with one attached hydrogen (secondary N) is 2. The summed E-state index contributed by atoms with van der Waals surface area (Å²) in [6.07, 6.45) is 6.79. The molecule has 1 aromatic carbocycles. The second kappa shape index (κ2) is 5.36. The monoisotopic (exact) mass is 311 g/mol. The molecule has 0 radical (unpaired) electrons. The summed E-state index contributed by atoms with van der Waals surface area (Å²) in [7, 11) is 0. The van der Waals surface area contributed by atoms with E-state index in [2.05, 4.69) is 36.3 Å². The molecule has 4 rings (SSSR count). The van der Waals surface area contributed by atoms with Gasteiger partial charge in [-0.25, -0.2) is 4.98 Å². The second-order valence-electron chi connectivity index (χ2n) is 7.45. The van der Waals surface area contributed by atoms with Crippen molar-refractivity contribution >= 4 is 16.9 Å². The molecule has 4 heteroatoms. The molecule has 0 unspecified atom stereocenters. The van der Waals surface area contributed by atoms with E-state index in [-0.39, 0.29) is 5.91 Å². The van der Waals surface area contributed by atoms with Crippen molar-refractivity contribution in [2.24, 2.45) is 11.3 Å². The molecule has 1 atom stereocenters. The van der Waals surface area contributed by atoms with Crippen LogP contribution < -0.4 is 5.32 Å². The molecule has 2 aromatic rings. The summed E-state index contributed by atoms with van der Waals surface area (Å²) in [6, 6.07) is 4.23. The van der Waals surface area contributed by atoms with Crippen molar-refractivity contribution in [2.45, 2.75) is 52.4 Å². The standard InChI is InChI=1S/C19H25N3O/c1-12-6-7-15-17(13(12)2)22-16(21-15)5-3-10-20-18(23)14-11-19(14)8-4-9-19/h6-7,14H,3-5,8-11H2,1-2H3,(H,20,23)(H,21,22)/t14-/m1/s1. The quantitative estimate of drug-likeness (QED) is 0.831. The first-order valence-electron chi connectivity index (χ1n) is 8.82. The van der Waals surface area contributed by atoms with Crippen LogP contribution in [0.2, 0.25) is 0 Å². The lowest BCUT2D eigenvalue weighted by atomic mass is 9.80. The van der Waals surface area contributed by atoms with E-state index in [1.807, 2.05) is 0 Å². The number of fused-ring (bicyclic) bond motifs is 1. The van der Waals surface area contributed by atoms with Crippen LogP contribution in [-0.2, 0) is 11.2 Å². The molecule has 0 saturated heterocycles. The maximum absolute atomic E-state index is 12.1. The van der Waals surface area contributed by atoms with Crippen molar-refractivity contribution in [3.05, 3.63) is 29.1 Å². The second-order valence-corrected chi connectivity index (χ2v) is 7.45. The highest BCUT2D eigenvalue weighted by Gasteiger charge is 2.60. The molecule has 2 N–H and O–H groups in total. The molecule has 2 saturated carbocycles. The number of hydrogen-bond donors (Lipinski definition) is 2. The average Bonchev–Trinajstić information content (AvgIpc) is 3.15. The zero-order chi connectivity index (χ0) is 16.0. The van der Waals surface area contributed by atoms with Crippen LogP contribution in [0.3, 0.4) is 0 Å². The lowest BCUT2D eigenvalue weighted by Gasteiger charge is -2.26. The fourth-order valence-electron chi connectivity index (χ4n) is 3.98. The molecule has 2 aliphatic carbocycles.